The van der Waals surface area contributed by atoms with E-state index in [9.17, 15) is 14.4 Å². The van der Waals surface area contributed by atoms with Gasteiger partial charge in [-0.05, 0) is 36.0 Å². The summed E-state index contributed by atoms with van der Waals surface area (Å²) in [4.78, 5) is 37.6. The van der Waals surface area contributed by atoms with Crippen LogP contribution in [-0.4, -0.2) is 40.2 Å². The summed E-state index contributed by atoms with van der Waals surface area (Å²) in [5, 5.41) is 0.541. The average molecular weight is 435 g/mol. The molecule has 1 fully saturated rings. The average Bonchev–Trinajstić information content (AvgIpc) is 3.07. The number of hydrogen-bond donors (Lipinski definition) is 0. The monoisotopic (exact) mass is 434 g/mol. The van der Waals surface area contributed by atoms with Gasteiger partial charge >= 0.3 is 5.97 Å². The van der Waals surface area contributed by atoms with E-state index in [2.05, 4.69) is 22.5 Å². The van der Waals surface area contributed by atoms with Crippen molar-refractivity contribution < 1.29 is 19.1 Å². The Morgan fingerprint density at radius 1 is 1.38 bits per heavy atom. The smallest absolute Gasteiger partial charge is 0.325 e. The van der Waals surface area contributed by atoms with Crippen LogP contribution in [0, 0.1) is 0 Å². The highest BCUT2D eigenvalue weighted by Crippen LogP contribution is 2.34. The number of benzene rings is 1. The quantitative estimate of drug-likeness (QED) is 0.406. The first-order chi connectivity index (χ1) is 12.4. The minimum atomic E-state index is -0.373. The molecule has 134 valence electrons. The lowest BCUT2D eigenvalue weighted by molar-refractivity contribution is -0.141. The molecule has 0 unspecified atom stereocenters. The molecule has 0 aliphatic carbocycles. The van der Waals surface area contributed by atoms with Gasteiger partial charge in [0.1, 0.15) is 6.54 Å². The minimum absolute atomic E-state index is 0.0560. The molecule has 1 saturated heterocycles. The third kappa shape index (κ3) is 3.47. The number of nitrogens with zero attached hydrogens (tertiary/aromatic N) is 2. The normalized spacial score (nSPS) is 15.9. The van der Waals surface area contributed by atoms with Crippen molar-refractivity contribution in [1.29, 1.82) is 0 Å². The van der Waals surface area contributed by atoms with E-state index in [1.165, 1.54) is 13.2 Å². The van der Waals surface area contributed by atoms with E-state index in [-0.39, 0.29) is 30.2 Å². The summed E-state index contributed by atoms with van der Waals surface area (Å²) in [6.45, 7) is 3.80. The molecule has 1 aromatic heterocycles. The largest absolute Gasteiger partial charge is 0.468 e. The number of ether oxygens (including phenoxy) is 1. The van der Waals surface area contributed by atoms with Gasteiger partial charge < -0.3 is 9.30 Å². The molecule has 26 heavy (non-hydrogen) atoms. The second kappa shape index (κ2) is 7.51. The van der Waals surface area contributed by atoms with Gasteiger partial charge in [0.05, 0.1) is 12.0 Å². The van der Waals surface area contributed by atoms with E-state index in [0.717, 1.165) is 37.6 Å². The first-order valence-electron chi connectivity index (χ1n) is 7.66. The summed E-state index contributed by atoms with van der Waals surface area (Å²) < 4.78 is 7.37. The molecule has 8 heteroatoms. The van der Waals surface area contributed by atoms with Crippen LogP contribution in [0.15, 0.2) is 46.4 Å². The van der Waals surface area contributed by atoms with Crippen LogP contribution in [0.2, 0.25) is 0 Å². The Morgan fingerprint density at radius 2 is 2.15 bits per heavy atom. The van der Waals surface area contributed by atoms with Crippen molar-refractivity contribution in [2.75, 3.05) is 13.7 Å². The lowest BCUT2D eigenvalue weighted by Crippen LogP contribution is -2.27. The van der Waals surface area contributed by atoms with E-state index in [1.54, 1.807) is 16.8 Å². The van der Waals surface area contributed by atoms with Crippen LogP contribution >= 0.6 is 27.7 Å². The number of imide groups is 1. The first-order valence-corrected chi connectivity index (χ1v) is 9.27. The van der Waals surface area contributed by atoms with Gasteiger partial charge in [0, 0.05) is 33.7 Å². The Labute approximate surface area is 162 Å². The van der Waals surface area contributed by atoms with Gasteiger partial charge in [0.2, 0.25) is 0 Å². The van der Waals surface area contributed by atoms with Crippen LogP contribution in [0.4, 0.5) is 4.79 Å². The number of carbonyl (C=O) groups is 3. The standard InChI is InChI=1S/C18H15BrN2O4S/c1-3-6-21-17(23)15(26-18(21)24)7-11-9-20(10-16(22)25-2)14-5-4-12(19)8-13(11)14/h3-5,7-9H,1,6,10H2,2H3/b15-7-. The maximum Gasteiger partial charge on any atom is 0.325 e. The van der Waals surface area contributed by atoms with Gasteiger partial charge in [0.25, 0.3) is 11.1 Å². The Hall–Kier alpha value is -2.32. The molecule has 0 atom stereocenters. The molecule has 1 aliphatic rings. The van der Waals surface area contributed by atoms with Crippen LogP contribution in [0.1, 0.15) is 5.56 Å². The summed E-state index contributed by atoms with van der Waals surface area (Å²) in [5.41, 5.74) is 1.57. The number of methoxy groups -OCH3 is 1. The molecule has 2 amide bonds. The Morgan fingerprint density at radius 3 is 2.85 bits per heavy atom. The molecule has 0 spiro atoms. The van der Waals surface area contributed by atoms with Crippen molar-refractivity contribution in [1.82, 2.24) is 9.47 Å². The zero-order valence-corrected chi connectivity index (χ0v) is 16.3. The third-order valence-electron chi connectivity index (χ3n) is 3.87. The zero-order valence-electron chi connectivity index (χ0n) is 13.9. The zero-order chi connectivity index (χ0) is 18.8. The second-order valence-corrected chi connectivity index (χ2v) is 7.44. The summed E-state index contributed by atoms with van der Waals surface area (Å²) in [6.07, 6.45) is 4.96. The van der Waals surface area contributed by atoms with Crippen LogP contribution in [0.5, 0.6) is 0 Å². The number of halogens is 1. The number of aromatic nitrogens is 1. The predicted octanol–water partition coefficient (Wildman–Crippen LogP) is 3.80. The van der Waals surface area contributed by atoms with Gasteiger partial charge in [-0.1, -0.05) is 22.0 Å². The van der Waals surface area contributed by atoms with Crippen molar-refractivity contribution >= 4 is 61.8 Å². The van der Waals surface area contributed by atoms with Gasteiger partial charge in [-0.3, -0.25) is 19.3 Å². The third-order valence-corrected chi connectivity index (χ3v) is 5.27. The SMILES string of the molecule is C=CCN1C(=O)S/C(=C\c2cn(CC(=O)OC)c3ccc(Br)cc23)C1=O. The molecular formula is C18H15BrN2O4S. The van der Waals surface area contributed by atoms with Crippen LogP contribution in [-0.2, 0) is 20.9 Å². The molecule has 6 nitrogen and oxygen atoms in total. The van der Waals surface area contributed by atoms with Crippen molar-refractivity contribution in [3.63, 3.8) is 0 Å². The summed E-state index contributed by atoms with van der Waals surface area (Å²) in [7, 11) is 1.33. The minimum Gasteiger partial charge on any atom is -0.468 e. The topological polar surface area (TPSA) is 68.6 Å². The molecule has 2 heterocycles. The van der Waals surface area contributed by atoms with Crippen LogP contribution in [0.3, 0.4) is 0 Å². The van der Waals surface area contributed by atoms with Crippen LogP contribution < -0.4 is 0 Å². The predicted molar refractivity (Wildman–Crippen MR) is 105 cm³/mol. The first kappa shape index (κ1) is 18.5. The lowest BCUT2D eigenvalue weighted by Gasteiger charge is -2.07. The summed E-state index contributed by atoms with van der Waals surface area (Å²) in [6, 6.07) is 5.66. The van der Waals surface area contributed by atoms with Crippen molar-refractivity contribution in [3.05, 3.63) is 52.0 Å². The Balaban J connectivity index is 2.06. The Bertz CT molecular complexity index is 963. The number of hydrogen-bond acceptors (Lipinski definition) is 5. The van der Waals surface area contributed by atoms with E-state index >= 15 is 0 Å². The highest BCUT2D eigenvalue weighted by molar-refractivity contribution is 9.10. The van der Waals surface area contributed by atoms with Gasteiger partial charge in [-0.2, -0.15) is 0 Å². The number of esters is 1. The summed E-state index contributed by atoms with van der Waals surface area (Å²) >= 11 is 4.33. The van der Waals surface area contributed by atoms with E-state index in [0.29, 0.717) is 4.91 Å². The van der Waals surface area contributed by atoms with Gasteiger partial charge in [0.15, 0.2) is 0 Å². The number of amides is 2. The molecule has 0 N–H and O–H groups in total. The molecule has 1 aromatic carbocycles. The van der Waals surface area contributed by atoms with E-state index < -0.39 is 0 Å². The number of rotatable bonds is 5. The molecular weight excluding hydrogens is 420 g/mol. The molecule has 0 bridgehead atoms. The van der Waals surface area contributed by atoms with Crippen LogP contribution in [0.25, 0.3) is 17.0 Å². The maximum atomic E-state index is 12.4. The number of carbonyl (C=O) groups excluding carboxylic acids is 3. The highest BCUT2D eigenvalue weighted by atomic mass is 79.9. The van der Waals surface area contributed by atoms with Gasteiger partial charge in [-0.15, -0.1) is 6.58 Å². The highest BCUT2D eigenvalue weighted by Gasteiger charge is 2.34. The summed E-state index contributed by atoms with van der Waals surface area (Å²) in [5.74, 6) is -0.716. The van der Waals surface area contributed by atoms with Gasteiger partial charge in [-0.25, -0.2) is 0 Å². The number of fused-ring (bicyclic) bond motifs is 1. The number of thioether (sulfide) groups is 1. The van der Waals surface area contributed by atoms with E-state index in [4.69, 9.17) is 4.74 Å². The fraction of sp³-hybridized carbons (Fsp3) is 0.167. The van der Waals surface area contributed by atoms with Crippen molar-refractivity contribution in [2.45, 2.75) is 6.54 Å². The lowest BCUT2D eigenvalue weighted by atomic mass is 10.1. The Kier molecular flexibility index (Phi) is 5.33. The molecule has 0 saturated carbocycles. The molecule has 0 radical (unpaired) electrons. The van der Waals surface area contributed by atoms with E-state index in [1.807, 2.05) is 18.2 Å². The molecule has 1 aliphatic heterocycles. The fourth-order valence-corrected chi connectivity index (χ4v) is 3.87. The fourth-order valence-electron chi connectivity index (χ4n) is 2.67. The molecule has 2 aromatic rings. The second-order valence-electron chi connectivity index (χ2n) is 5.53. The molecule has 3 rings (SSSR count). The maximum absolute atomic E-state index is 12.4. The van der Waals surface area contributed by atoms with Crippen molar-refractivity contribution in [3.8, 4) is 0 Å². The van der Waals surface area contributed by atoms with Crippen molar-refractivity contribution in [2.24, 2.45) is 0 Å².